The van der Waals surface area contributed by atoms with E-state index in [9.17, 15) is 9.59 Å². The molecule has 2 atom stereocenters. The fourth-order valence-electron chi connectivity index (χ4n) is 3.52. The van der Waals surface area contributed by atoms with Crippen LogP contribution in [-0.2, 0) is 14.3 Å². The van der Waals surface area contributed by atoms with Crippen molar-refractivity contribution in [2.24, 2.45) is 0 Å². The number of anilines is 1. The van der Waals surface area contributed by atoms with Crippen molar-refractivity contribution in [1.82, 2.24) is 20.1 Å². The quantitative estimate of drug-likeness (QED) is 0.705. The Hall–Kier alpha value is -3.16. The Morgan fingerprint density at radius 1 is 1.20 bits per heavy atom. The molecule has 8 nitrogen and oxygen atoms in total. The Bertz CT molecular complexity index is 948. The minimum Gasteiger partial charge on any atom is -0.463 e. The van der Waals surface area contributed by atoms with E-state index in [0.29, 0.717) is 17.2 Å². The molecule has 30 heavy (non-hydrogen) atoms. The van der Waals surface area contributed by atoms with E-state index < -0.39 is 12.0 Å². The third kappa shape index (κ3) is 4.22. The van der Waals surface area contributed by atoms with Gasteiger partial charge < -0.3 is 15.0 Å². The molecule has 1 aliphatic heterocycles. The van der Waals surface area contributed by atoms with E-state index in [0.717, 1.165) is 17.5 Å². The summed E-state index contributed by atoms with van der Waals surface area (Å²) in [6.07, 6.45) is 2.28. The highest BCUT2D eigenvalue weighted by atomic mass is 16.5. The number of ether oxygens (including phenoxy) is 1. The smallest absolute Gasteiger partial charge is 0.338 e. The highest BCUT2D eigenvalue weighted by Gasteiger charge is 2.38. The number of fused-ring (bicyclic) bond motifs is 1. The maximum absolute atomic E-state index is 13.0. The summed E-state index contributed by atoms with van der Waals surface area (Å²) in [7, 11) is 0. The van der Waals surface area contributed by atoms with Gasteiger partial charge in [0.2, 0.25) is 11.9 Å². The van der Waals surface area contributed by atoms with Crippen molar-refractivity contribution >= 4 is 17.8 Å². The molecule has 2 aromatic rings. The summed E-state index contributed by atoms with van der Waals surface area (Å²) in [6.45, 7) is 9.87. The zero-order valence-corrected chi connectivity index (χ0v) is 18.2. The Kier molecular flexibility index (Phi) is 6.54. The van der Waals surface area contributed by atoms with Gasteiger partial charge in [0.25, 0.3) is 0 Å². The van der Waals surface area contributed by atoms with Crippen LogP contribution in [0.1, 0.15) is 51.3 Å². The maximum atomic E-state index is 13.0. The molecule has 2 heterocycles. The summed E-state index contributed by atoms with van der Waals surface area (Å²) in [4.78, 5) is 31.7. The van der Waals surface area contributed by atoms with E-state index in [1.165, 1.54) is 6.33 Å². The lowest BCUT2D eigenvalue weighted by Gasteiger charge is -2.35. The fraction of sp³-hybridized carbons (Fsp3) is 0.455. The topological polar surface area (TPSA) is 89.3 Å². The summed E-state index contributed by atoms with van der Waals surface area (Å²) in [6, 6.07) is 7.53. The molecule has 1 amide bonds. The molecule has 0 saturated heterocycles. The molecule has 0 aliphatic carbocycles. The maximum Gasteiger partial charge on any atom is 0.338 e. The van der Waals surface area contributed by atoms with Gasteiger partial charge in [0.1, 0.15) is 18.9 Å². The number of allylic oxidation sites excluding steroid dienone is 1. The normalized spacial score (nSPS) is 16.8. The molecular weight excluding hydrogens is 382 g/mol. The van der Waals surface area contributed by atoms with Gasteiger partial charge in [0.15, 0.2) is 0 Å². The highest BCUT2D eigenvalue weighted by Crippen LogP contribution is 2.38. The van der Waals surface area contributed by atoms with Crippen LogP contribution in [0, 0.1) is 6.92 Å². The second kappa shape index (κ2) is 9.11. The molecular formula is C22H29N5O3. The van der Waals surface area contributed by atoms with Gasteiger partial charge in [0, 0.05) is 11.7 Å². The molecule has 8 heteroatoms. The van der Waals surface area contributed by atoms with Crippen LogP contribution in [0.15, 0.2) is 41.9 Å². The summed E-state index contributed by atoms with van der Waals surface area (Å²) in [5.41, 5.74) is 3.11. The largest absolute Gasteiger partial charge is 0.463 e. The fourth-order valence-corrected chi connectivity index (χ4v) is 3.52. The van der Waals surface area contributed by atoms with Crippen LogP contribution in [0.5, 0.6) is 0 Å². The van der Waals surface area contributed by atoms with Crippen molar-refractivity contribution in [1.29, 1.82) is 0 Å². The van der Waals surface area contributed by atoms with E-state index in [1.54, 1.807) is 16.5 Å². The summed E-state index contributed by atoms with van der Waals surface area (Å²) >= 11 is 0. The van der Waals surface area contributed by atoms with Gasteiger partial charge in [-0.05, 0) is 39.7 Å². The molecule has 1 N–H and O–H groups in total. The molecule has 0 unspecified atom stereocenters. The van der Waals surface area contributed by atoms with Crippen LogP contribution in [0.25, 0.3) is 0 Å². The van der Waals surface area contributed by atoms with Crippen LogP contribution in [-0.4, -0.2) is 45.8 Å². The number of carbonyl (C=O) groups is 2. The molecule has 0 bridgehead atoms. The molecule has 1 aromatic carbocycles. The van der Waals surface area contributed by atoms with Gasteiger partial charge in [-0.2, -0.15) is 10.1 Å². The summed E-state index contributed by atoms with van der Waals surface area (Å²) in [5, 5.41) is 7.35. The number of esters is 1. The number of amides is 1. The number of benzene rings is 1. The second-order valence-electron chi connectivity index (χ2n) is 7.50. The molecule has 0 radical (unpaired) electrons. The van der Waals surface area contributed by atoms with Crippen molar-refractivity contribution in [2.75, 3.05) is 18.1 Å². The van der Waals surface area contributed by atoms with Crippen molar-refractivity contribution in [2.45, 2.75) is 53.1 Å². The minimum atomic E-state index is -0.476. The first-order valence-corrected chi connectivity index (χ1v) is 10.3. The third-order valence-electron chi connectivity index (χ3n) is 5.32. The first-order valence-electron chi connectivity index (χ1n) is 10.3. The number of nitrogens with zero attached hydrogens (tertiary/aromatic N) is 4. The number of rotatable bonds is 7. The second-order valence-corrected chi connectivity index (χ2v) is 7.50. The Balaban J connectivity index is 2.07. The van der Waals surface area contributed by atoms with Crippen molar-refractivity contribution < 1.29 is 14.3 Å². The van der Waals surface area contributed by atoms with E-state index in [2.05, 4.69) is 15.4 Å². The lowest BCUT2D eigenvalue weighted by molar-refractivity contribution is -0.139. The number of aromatic nitrogens is 3. The number of carbonyl (C=O) groups excluding carboxylic acids is 2. The minimum absolute atomic E-state index is 0.0401. The number of nitrogens with one attached hydrogen (secondary N) is 1. The van der Waals surface area contributed by atoms with Crippen molar-refractivity contribution in [3.05, 3.63) is 53.0 Å². The Morgan fingerprint density at radius 2 is 1.90 bits per heavy atom. The van der Waals surface area contributed by atoms with Crippen LogP contribution in [0.4, 0.5) is 5.95 Å². The van der Waals surface area contributed by atoms with Crippen LogP contribution in [0.2, 0.25) is 0 Å². The molecule has 3 rings (SSSR count). The van der Waals surface area contributed by atoms with Crippen molar-refractivity contribution in [3.63, 3.8) is 0 Å². The number of aryl methyl sites for hydroxylation is 1. The molecule has 0 spiro atoms. The van der Waals surface area contributed by atoms with Crippen molar-refractivity contribution in [3.8, 4) is 0 Å². The van der Waals surface area contributed by atoms with Gasteiger partial charge in [-0.25, -0.2) is 9.48 Å². The predicted octanol–water partition coefficient (Wildman–Crippen LogP) is 2.75. The molecule has 0 saturated carbocycles. The van der Waals surface area contributed by atoms with Gasteiger partial charge in [0.05, 0.1) is 12.2 Å². The van der Waals surface area contributed by atoms with Gasteiger partial charge >= 0.3 is 5.97 Å². The lowest BCUT2D eigenvalue weighted by atomic mass is 9.94. The first-order chi connectivity index (χ1) is 14.4. The van der Waals surface area contributed by atoms with Crippen LogP contribution < -0.4 is 10.2 Å². The standard InChI is InChI=1S/C22H29N5O3/c1-6-15(4)25-18(28)12-26-16(5)19(21(29)30-7-2)20(27-22(26)23-13-24-27)17-10-8-14(3)9-11-17/h8-11,13,15,20H,6-7,12H2,1-5H3,(H,25,28)/t15-,20+/m1/s1. The van der Waals surface area contributed by atoms with E-state index >= 15 is 0 Å². The first kappa shape index (κ1) is 21.5. The molecule has 0 fully saturated rings. The van der Waals surface area contributed by atoms with Gasteiger partial charge in [-0.3, -0.25) is 4.79 Å². The molecule has 1 aromatic heterocycles. The van der Waals surface area contributed by atoms with Crippen LogP contribution in [0.3, 0.4) is 0 Å². The van der Waals surface area contributed by atoms with Gasteiger partial charge in [-0.1, -0.05) is 36.8 Å². The molecule has 1 aliphatic rings. The Morgan fingerprint density at radius 3 is 2.53 bits per heavy atom. The van der Waals surface area contributed by atoms with Gasteiger partial charge in [-0.15, -0.1) is 0 Å². The van der Waals surface area contributed by atoms with E-state index in [-0.39, 0.29) is 25.1 Å². The van der Waals surface area contributed by atoms with E-state index in [4.69, 9.17) is 4.74 Å². The number of hydrogen-bond acceptors (Lipinski definition) is 6. The highest BCUT2D eigenvalue weighted by molar-refractivity contribution is 5.93. The lowest BCUT2D eigenvalue weighted by Crippen LogP contribution is -2.44. The zero-order chi connectivity index (χ0) is 21.8. The monoisotopic (exact) mass is 411 g/mol. The SMILES string of the molecule is CCOC(=O)C1=C(C)N(CC(=O)N[C@H](C)CC)c2ncnn2[C@H]1c1ccc(C)cc1. The Labute approximate surface area is 176 Å². The average Bonchev–Trinajstić information content (AvgIpc) is 3.19. The zero-order valence-electron chi connectivity index (χ0n) is 18.2. The average molecular weight is 412 g/mol. The summed E-state index contributed by atoms with van der Waals surface area (Å²) < 4.78 is 7.05. The summed E-state index contributed by atoms with van der Waals surface area (Å²) in [5.74, 6) is -0.0465. The predicted molar refractivity (Wildman–Crippen MR) is 114 cm³/mol. The number of hydrogen-bond donors (Lipinski definition) is 1. The molecule has 160 valence electrons. The van der Waals surface area contributed by atoms with E-state index in [1.807, 2.05) is 52.0 Å². The third-order valence-corrected chi connectivity index (χ3v) is 5.32. The van der Waals surface area contributed by atoms with Crippen LogP contribution >= 0.6 is 0 Å².